The van der Waals surface area contributed by atoms with Crippen LogP contribution in [-0.4, -0.2) is 22.5 Å². The lowest BCUT2D eigenvalue weighted by atomic mass is 10.0. The average molecular weight is 264 g/mol. The Morgan fingerprint density at radius 3 is 2.50 bits per heavy atom. The summed E-state index contributed by atoms with van der Waals surface area (Å²) in [6.07, 6.45) is 1.18. The van der Waals surface area contributed by atoms with E-state index >= 15 is 0 Å². The zero-order chi connectivity index (χ0) is 13.7. The molecule has 0 amide bonds. The van der Waals surface area contributed by atoms with Gasteiger partial charge in [-0.25, -0.2) is 0 Å². The number of benzene rings is 1. The zero-order valence-corrected chi connectivity index (χ0v) is 12.7. The molecule has 0 saturated heterocycles. The second-order valence-corrected chi connectivity index (χ2v) is 5.51. The van der Waals surface area contributed by atoms with E-state index in [1.807, 2.05) is 6.07 Å². The number of nitrogens with zero attached hydrogens (tertiary/aromatic N) is 1. The van der Waals surface area contributed by atoms with Crippen LogP contribution >= 0.6 is 12.2 Å². The summed E-state index contributed by atoms with van der Waals surface area (Å²) in [5.74, 6) is 0. The van der Waals surface area contributed by atoms with Crippen molar-refractivity contribution >= 4 is 17.2 Å². The van der Waals surface area contributed by atoms with Crippen molar-refractivity contribution in [3.05, 3.63) is 34.9 Å². The van der Waals surface area contributed by atoms with Gasteiger partial charge >= 0.3 is 0 Å². The molecule has 0 heterocycles. The summed E-state index contributed by atoms with van der Waals surface area (Å²) in [6, 6.07) is 6.83. The summed E-state index contributed by atoms with van der Waals surface area (Å²) in [7, 11) is 0. The summed E-state index contributed by atoms with van der Waals surface area (Å²) in [5, 5.41) is 0. The minimum atomic E-state index is 0.471. The quantitative estimate of drug-likeness (QED) is 0.800. The summed E-state index contributed by atoms with van der Waals surface area (Å²) in [5.41, 5.74) is 9.23. The van der Waals surface area contributed by atoms with Crippen molar-refractivity contribution in [3.8, 4) is 0 Å². The number of thiocarbonyl (C=S) groups is 1. The van der Waals surface area contributed by atoms with E-state index in [0.29, 0.717) is 11.0 Å². The van der Waals surface area contributed by atoms with Gasteiger partial charge in [-0.3, -0.25) is 4.90 Å². The fourth-order valence-corrected chi connectivity index (χ4v) is 2.18. The molecule has 1 aromatic rings. The van der Waals surface area contributed by atoms with Crippen molar-refractivity contribution < 1.29 is 0 Å². The Morgan fingerprint density at radius 2 is 2.06 bits per heavy atom. The maximum atomic E-state index is 5.65. The second-order valence-electron chi connectivity index (χ2n) is 5.07. The third kappa shape index (κ3) is 4.07. The molecule has 100 valence electrons. The fraction of sp³-hybridized carbons (Fsp3) is 0.533. The topological polar surface area (TPSA) is 29.3 Å². The lowest BCUT2D eigenvalue weighted by molar-refractivity contribution is 0.213. The van der Waals surface area contributed by atoms with E-state index in [2.05, 4.69) is 44.7 Å². The highest BCUT2D eigenvalue weighted by atomic mass is 32.1. The van der Waals surface area contributed by atoms with Gasteiger partial charge in [-0.2, -0.15) is 0 Å². The van der Waals surface area contributed by atoms with E-state index < -0.39 is 0 Å². The molecule has 0 bridgehead atoms. The van der Waals surface area contributed by atoms with Gasteiger partial charge in [-0.15, -0.1) is 0 Å². The predicted molar refractivity (Wildman–Crippen MR) is 82.9 cm³/mol. The van der Waals surface area contributed by atoms with Crippen LogP contribution < -0.4 is 5.73 Å². The van der Waals surface area contributed by atoms with Crippen LogP contribution in [-0.2, 0) is 6.54 Å². The Kier molecular flexibility index (Phi) is 5.76. The molecular weight excluding hydrogens is 240 g/mol. The molecule has 2 N–H and O–H groups in total. The van der Waals surface area contributed by atoms with Crippen LogP contribution in [0.15, 0.2) is 18.2 Å². The van der Waals surface area contributed by atoms with Crippen molar-refractivity contribution in [2.45, 2.75) is 46.7 Å². The van der Waals surface area contributed by atoms with Crippen molar-refractivity contribution in [1.82, 2.24) is 4.90 Å². The number of rotatable bonds is 6. The maximum absolute atomic E-state index is 5.65. The van der Waals surface area contributed by atoms with Gasteiger partial charge in [0.05, 0.1) is 0 Å². The van der Waals surface area contributed by atoms with E-state index in [9.17, 15) is 0 Å². The first-order chi connectivity index (χ1) is 8.45. The highest BCUT2D eigenvalue weighted by molar-refractivity contribution is 7.80. The highest BCUT2D eigenvalue weighted by Gasteiger charge is 2.11. The molecule has 0 spiro atoms. The molecule has 0 aliphatic carbocycles. The number of hydrogen-bond acceptors (Lipinski definition) is 2. The van der Waals surface area contributed by atoms with Crippen LogP contribution in [0.25, 0.3) is 0 Å². The fourth-order valence-electron chi connectivity index (χ4n) is 2.05. The number of aryl methyl sites for hydroxylation is 1. The van der Waals surface area contributed by atoms with Gasteiger partial charge < -0.3 is 5.73 Å². The van der Waals surface area contributed by atoms with Gasteiger partial charge in [-0.05, 0) is 50.9 Å². The van der Waals surface area contributed by atoms with Crippen molar-refractivity contribution in [3.63, 3.8) is 0 Å². The first kappa shape index (κ1) is 15.1. The Balaban J connectivity index is 2.86. The Morgan fingerprint density at radius 1 is 1.39 bits per heavy atom. The Labute approximate surface area is 116 Å². The van der Waals surface area contributed by atoms with Crippen molar-refractivity contribution in [1.29, 1.82) is 0 Å². The molecule has 0 fully saturated rings. The van der Waals surface area contributed by atoms with Crippen molar-refractivity contribution in [2.75, 3.05) is 6.54 Å². The zero-order valence-electron chi connectivity index (χ0n) is 11.9. The molecule has 18 heavy (non-hydrogen) atoms. The summed E-state index contributed by atoms with van der Waals surface area (Å²) in [6.45, 7) is 11.0. The van der Waals surface area contributed by atoms with E-state index in [-0.39, 0.29) is 0 Å². The smallest absolute Gasteiger partial charge is 0.103 e. The maximum Gasteiger partial charge on any atom is 0.103 e. The minimum absolute atomic E-state index is 0.471. The van der Waals surface area contributed by atoms with Crippen LogP contribution in [0.5, 0.6) is 0 Å². The molecule has 0 unspecified atom stereocenters. The Bertz CT molecular complexity index is 413. The molecule has 0 aliphatic rings. The third-order valence-corrected chi connectivity index (χ3v) is 3.48. The number of nitrogens with two attached hydrogens (primary N) is 1. The lowest BCUT2D eigenvalue weighted by Crippen LogP contribution is -2.31. The Hall–Kier alpha value is -0.930. The lowest BCUT2D eigenvalue weighted by Gasteiger charge is -2.26. The molecule has 0 aromatic heterocycles. The summed E-state index contributed by atoms with van der Waals surface area (Å²) in [4.78, 5) is 2.96. The van der Waals surface area contributed by atoms with Gasteiger partial charge in [-0.1, -0.05) is 31.3 Å². The molecule has 0 aliphatic heterocycles. The van der Waals surface area contributed by atoms with Crippen LogP contribution in [0, 0.1) is 6.92 Å². The van der Waals surface area contributed by atoms with Gasteiger partial charge in [0.1, 0.15) is 4.99 Å². The predicted octanol–water partition coefficient (Wildman–Crippen LogP) is 3.25. The largest absolute Gasteiger partial charge is 0.389 e. The first-order valence-corrected chi connectivity index (χ1v) is 7.00. The van der Waals surface area contributed by atoms with Gasteiger partial charge in [0.25, 0.3) is 0 Å². The highest BCUT2D eigenvalue weighted by Crippen LogP contribution is 2.15. The van der Waals surface area contributed by atoms with E-state index in [1.165, 1.54) is 17.5 Å². The molecule has 2 nitrogen and oxygen atoms in total. The van der Waals surface area contributed by atoms with E-state index in [4.69, 9.17) is 18.0 Å². The van der Waals surface area contributed by atoms with Gasteiger partial charge in [0, 0.05) is 18.2 Å². The molecule has 0 radical (unpaired) electrons. The van der Waals surface area contributed by atoms with Crippen molar-refractivity contribution in [2.24, 2.45) is 5.73 Å². The molecule has 1 aromatic carbocycles. The first-order valence-electron chi connectivity index (χ1n) is 6.59. The van der Waals surface area contributed by atoms with E-state index in [1.54, 1.807) is 0 Å². The molecule has 1 rings (SSSR count). The van der Waals surface area contributed by atoms with Crippen LogP contribution in [0.2, 0.25) is 0 Å². The SMILES string of the molecule is CCCN(Cc1ccc(C(N)=S)cc1C)C(C)C. The summed E-state index contributed by atoms with van der Waals surface area (Å²) < 4.78 is 0. The molecule has 0 saturated carbocycles. The van der Waals surface area contributed by atoms with E-state index in [0.717, 1.165) is 18.7 Å². The normalized spacial score (nSPS) is 11.2. The van der Waals surface area contributed by atoms with Crippen LogP contribution in [0.1, 0.15) is 43.9 Å². The number of hydrogen-bond donors (Lipinski definition) is 1. The summed E-state index contributed by atoms with van der Waals surface area (Å²) >= 11 is 5.00. The van der Waals surface area contributed by atoms with Crippen LogP contribution in [0.3, 0.4) is 0 Å². The molecule has 3 heteroatoms. The van der Waals surface area contributed by atoms with Crippen LogP contribution in [0.4, 0.5) is 0 Å². The third-order valence-electron chi connectivity index (χ3n) is 3.24. The van der Waals surface area contributed by atoms with Gasteiger partial charge in [0.2, 0.25) is 0 Å². The standard InChI is InChI=1S/C15H24N2S/c1-5-8-17(11(2)3)10-14-7-6-13(15(16)18)9-12(14)4/h6-7,9,11H,5,8,10H2,1-4H3,(H2,16,18). The minimum Gasteiger partial charge on any atom is -0.389 e. The monoisotopic (exact) mass is 264 g/mol. The second kappa shape index (κ2) is 6.86. The molecular formula is C15H24N2S. The average Bonchev–Trinajstić information content (AvgIpc) is 2.30. The molecule has 0 atom stereocenters. The van der Waals surface area contributed by atoms with Gasteiger partial charge in [0.15, 0.2) is 0 Å².